The number of likely N-dealkylation sites (tertiary alicyclic amines) is 1. The molecule has 1 aliphatic rings. The Morgan fingerprint density at radius 2 is 1.88 bits per heavy atom. The average Bonchev–Trinajstić information content (AvgIpc) is 2.62. The van der Waals surface area contributed by atoms with E-state index < -0.39 is 0 Å². The van der Waals surface area contributed by atoms with Gasteiger partial charge in [-0.2, -0.15) is 0 Å². The Kier molecular flexibility index (Phi) is 3.85. The second-order valence-corrected chi connectivity index (χ2v) is 5.48. The topological polar surface area (TPSA) is 29.3 Å². The number of nitrogens with zero attached hydrogens (tertiary/aromatic N) is 1. The van der Waals surface area contributed by atoms with E-state index in [1.807, 2.05) is 0 Å². The Morgan fingerprint density at radius 1 is 1.24 bits per heavy atom. The molecule has 17 heavy (non-hydrogen) atoms. The van der Waals surface area contributed by atoms with E-state index in [4.69, 9.17) is 5.73 Å². The zero-order valence-electron chi connectivity index (χ0n) is 11.3. The lowest BCUT2D eigenvalue weighted by Gasteiger charge is -2.17. The van der Waals surface area contributed by atoms with Crippen molar-refractivity contribution >= 4 is 0 Å². The van der Waals surface area contributed by atoms with Crippen molar-refractivity contribution in [2.45, 2.75) is 39.7 Å². The number of benzene rings is 1. The highest BCUT2D eigenvalue weighted by Crippen LogP contribution is 2.18. The van der Waals surface area contributed by atoms with Gasteiger partial charge in [-0.05, 0) is 56.8 Å². The smallest absolute Gasteiger partial charge is 0.0180 e. The van der Waals surface area contributed by atoms with E-state index in [1.165, 1.54) is 28.8 Å². The van der Waals surface area contributed by atoms with E-state index in [0.717, 1.165) is 25.9 Å². The minimum Gasteiger partial charge on any atom is -0.326 e. The van der Waals surface area contributed by atoms with Crippen LogP contribution in [0.2, 0.25) is 0 Å². The first-order valence-electron chi connectivity index (χ1n) is 6.61. The van der Waals surface area contributed by atoms with Crippen molar-refractivity contribution in [3.05, 3.63) is 34.4 Å². The molecule has 1 aromatic rings. The number of aryl methyl sites for hydroxylation is 3. The molecule has 1 aliphatic heterocycles. The molecule has 2 N–H and O–H groups in total. The van der Waals surface area contributed by atoms with Crippen LogP contribution in [0.15, 0.2) is 12.1 Å². The van der Waals surface area contributed by atoms with Gasteiger partial charge in [-0.1, -0.05) is 17.7 Å². The first kappa shape index (κ1) is 12.6. The second kappa shape index (κ2) is 5.19. The largest absolute Gasteiger partial charge is 0.326 e. The van der Waals surface area contributed by atoms with E-state index >= 15 is 0 Å². The maximum absolute atomic E-state index is 5.93. The van der Waals surface area contributed by atoms with Gasteiger partial charge in [0.25, 0.3) is 0 Å². The van der Waals surface area contributed by atoms with E-state index in [0.29, 0.717) is 6.04 Å². The summed E-state index contributed by atoms with van der Waals surface area (Å²) < 4.78 is 0. The number of hydrogen-bond donors (Lipinski definition) is 1. The van der Waals surface area contributed by atoms with Gasteiger partial charge in [0.1, 0.15) is 0 Å². The van der Waals surface area contributed by atoms with Gasteiger partial charge in [-0.15, -0.1) is 0 Å². The predicted octanol–water partition coefficient (Wildman–Crippen LogP) is 2.19. The van der Waals surface area contributed by atoms with Crippen molar-refractivity contribution in [2.24, 2.45) is 5.73 Å². The quantitative estimate of drug-likeness (QED) is 0.865. The molecule has 2 heteroatoms. The molecule has 94 valence electrons. The Hall–Kier alpha value is -0.860. The van der Waals surface area contributed by atoms with Crippen molar-refractivity contribution in [3.8, 4) is 0 Å². The highest BCUT2D eigenvalue weighted by atomic mass is 15.2. The van der Waals surface area contributed by atoms with Gasteiger partial charge in [0.15, 0.2) is 0 Å². The third kappa shape index (κ3) is 3.08. The number of nitrogens with two attached hydrogens (primary N) is 1. The maximum Gasteiger partial charge on any atom is 0.0180 e. The van der Waals surface area contributed by atoms with E-state index in [9.17, 15) is 0 Å². The molecule has 0 spiro atoms. The van der Waals surface area contributed by atoms with Gasteiger partial charge in [-0.3, -0.25) is 0 Å². The fraction of sp³-hybridized carbons (Fsp3) is 0.600. The van der Waals surface area contributed by atoms with E-state index in [2.05, 4.69) is 37.8 Å². The van der Waals surface area contributed by atoms with Crippen molar-refractivity contribution in [1.82, 2.24) is 4.90 Å². The van der Waals surface area contributed by atoms with Crippen LogP contribution >= 0.6 is 0 Å². The van der Waals surface area contributed by atoms with Crippen LogP contribution in [0.4, 0.5) is 0 Å². The molecule has 2 nitrogen and oxygen atoms in total. The molecule has 1 fully saturated rings. The van der Waals surface area contributed by atoms with E-state index in [1.54, 1.807) is 0 Å². The summed E-state index contributed by atoms with van der Waals surface area (Å²) in [4.78, 5) is 2.49. The molecule has 2 rings (SSSR count). The molecule has 0 amide bonds. The summed E-state index contributed by atoms with van der Waals surface area (Å²) in [6.45, 7) is 10.0. The maximum atomic E-state index is 5.93. The monoisotopic (exact) mass is 232 g/mol. The lowest BCUT2D eigenvalue weighted by molar-refractivity contribution is 0.338. The predicted molar refractivity (Wildman–Crippen MR) is 73.4 cm³/mol. The summed E-state index contributed by atoms with van der Waals surface area (Å²) in [5, 5.41) is 0. The Balaban J connectivity index is 1.99. The minimum atomic E-state index is 0.398. The molecule has 0 aliphatic carbocycles. The van der Waals surface area contributed by atoms with Crippen LogP contribution in [0.5, 0.6) is 0 Å². The normalized spacial score (nSPS) is 21.1. The summed E-state index contributed by atoms with van der Waals surface area (Å²) in [6.07, 6.45) is 2.32. The third-order valence-corrected chi connectivity index (χ3v) is 3.83. The molecule has 1 unspecified atom stereocenters. The summed E-state index contributed by atoms with van der Waals surface area (Å²) in [6, 6.07) is 4.98. The van der Waals surface area contributed by atoms with Gasteiger partial charge >= 0.3 is 0 Å². The Morgan fingerprint density at radius 3 is 2.41 bits per heavy atom. The van der Waals surface area contributed by atoms with Crippen LogP contribution in [-0.4, -0.2) is 30.6 Å². The molecule has 1 heterocycles. The van der Waals surface area contributed by atoms with Crippen LogP contribution in [0.1, 0.15) is 28.7 Å². The van der Waals surface area contributed by atoms with E-state index in [-0.39, 0.29) is 0 Å². The standard InChI is InChI=1S/C15H24N2/c1-11-8-12(2)15(13(3)9-11)5-7-17-6-4-14(16)10-17/h8-9,14H,4-7,10,16H2,1-3H3. The van der Waals surface area contributed by atoms with Gasteiger partial charge in [0.05, 0.1) is 0 Å². The van der Waals surface area contributed by atoms with Crippen molar-refractivity contribution in [1.29, 1.82) is 0 Å². The molecule has 0 saturated carbocycles. The van der Waals surface area contributed by atoms with Gasteiger partial charge in [-0.25, -0.2) is 0 Å². The number of rotatable bonds is 3. The molecular weight excluding hydrogens is 208 g/mol. The molecule has 1 atom stereocenters. The molecule has 0 radical (unpaired) electrons. The fourth-order valence-electron chi connectivity index (χ4n) is 2.94. The minimum absolute atomic E-state index is 0.398. The molecule has 0 aromatic heterocycles. The average molecular weight is 232 g/mol. The summed E-state index contributed by atoms with van der Waals surface area (Å²) in [7, 11) is 0. The first-order chi connectivity index (χ1) is 8.06. The van der Waals surface area contributed by atoms with Crippen molar-refractivity contribution in [3.63, 3.8) is 0 Å². The third-order valence-electron chi connectivity index (χ3n) is 3.83. The lowest BCUT2D eigenvalue weighted by Crippen LogP contribution is -2.28. The Bertz CT molecular complexity index is 375. The van der Waals surface area contributed by atoms with Crippen LogP contribution in [-0.2, 0) is 6.42 Å². The molecule has 0 bridgehead atoms. The van der Waals surface area contributed by atoms with Crippen LogP contribution in [0.3, 0.4) is 0 Å². The molecular formula is C15H24N2. The van der Waals surface area contributed by atoms with Gasteiger partial charge < -0.3 is 10.6 Å². The lowest BCUT2D eigenvalue weighted by atomic mass is 9.97. The fourth-order valence-corrected chi connectivity index (χ4v) is 2.94. The zero-order chi connectivity index (χ0) is 12.4. The second-order valence-electron chi connectivity index (χ2n) is 5.48. The molecule has 1 aromatic carbocycles. The highest BCUT2D eigenvalue weighted by molar-refractivity contribution is 5.37. The van der Waals surface area contributed by atoms with Crippen molar-refractivity contribution in [2.75, 3.05) is 19.6 Å². The SMILES string of the molecule is Cc1cc(C)c(CCN2CCC(N)C2)c(C)c1. The summed E-state index contributed by atoms with van der Waals surface area (Å²) in [5.41, 5.74) is 11.7. The summed E-state index contributed by atoms with van der Waals surface area (Å²) in [5.74, 6) is 0. The first-order valence-corrected chi connectivity index (χ1v) is 6.61. The zero-order valence-corrected chi connectivity index (χ0v) is 11.3. The number of hydrogen-bond acceptors (Lipinski definition) is 2. The van der Waals surface area contributed by atoms with Crippen molar-refractivity contribution < 1.29 is 0 Å². The van der Waals surface area contributed by atoms with Gasteiger partial charge in [0, 0.05) is 19.1 Å². The summed E-state index contributed by atoms with van der Waals surface area (Å²) >= 11 is 0. The van der Waals surface area contributed by atoms with Crippen LogP contribution in [0, 0.1) is 20.8 Å². The highest BCUT2D eigenvalue weighted by Gasteiger charge is 2.18. The van der Waals surface area contributed by atoms with Gasteiger partial charge in [0.2, 0.25) is 0 Å². The van der Waals surface area contributed by atoms with Crippen LogP contribution < -0.4 is 5.73 Å². The molecule has 1 saturated heterocycles. The van der Waals surface area contributed by atoms with Crippen LogP contribution in [0.25, 0.3) is 0 Å². The Labute approximate surface area is 105 Å².